The van der Waals surface area contributed by atoms with E-state index < -0.39 is 12.3 Å². The molecule has 0 radical (unpaired) electrons. The van der Waals surface area contributed by atoms with Crippen molar-refractivity contribution in [1.82, 2.24) is 0 Å². The molecule has 2 N–H and O–H groups in total. The highest BCUT2D eigenvalue weighted by Gasteiger charge is 2.43. The van der Waals surface area contributed by atoms with Crippen LogP contribution in [0.15, 0.2) is 18.2 Å². The first kappa shape index (κ1) is 19.4. The monoisotopic (exact) mass is 424 g/mol. The molecular formula is C19H18F2N2O5S. The Balaban J connectivity index is 1.42. The van der Waals surface area contributed by atoms with Crippen LogP contribution in [-0.2, 0) is 22.4 Å². The van der Waals surface area contributed by atoms with Crippen molar-refractivity contribution in [3.8, 4) is 11.5 Å². The van der Waals surface area contributed by atoms with E-state index in [1.165, 1.54) is 29.5 Å². The van der Waals surface area contributed by atoms with Crippen LogP contribution in [0.4, 0.5) is 19.5 Å². The summed E-state index contributed by atoms with van der Waals surface area (Å²) in [6.07, 6.45) is -1.05. The first-order valence-corrected chi connectivity index (χ1v) is 9.93. The summed E-state index contributed by atoms with van der Waals surface area (Å²) in [6, 6.07) is 4.16. The summed E-state index contributed by atoms with van der Waals surface area (Å²) >= 11 is 1.39. The average molecular weight is 424 g/mol. The second-order valence-corrected chi connectivity index (χ2v) is 7.62. The van der Waals surface area contributed by atoms with Crippen molar-refractivity contribution >= 4 is 33.9 Å². The molecule has 1 aliphatic carbocycles. The molecule has 1 aromatic heterocycles. The fraction of sp³-hybridized carbons (Fsp3) is 0.368. The fourth-order valence-corrected chi connectivity index (χ4v) is 4.62. The molecule has 29 heavy (non-hydrogen) atoms. The number of anilines is 2. The first-order valence-electron chi connectivity index (χ1n) is 9.11. The number of thiophene rings is 1. The number of rotatable bonds is 6. The molecule has 2 aliphatic rings. The van der Waals surface area contributed by atoms with Crippen LogP contribution in [0.2, 0.25) is 0 Å². The highest BCUT2D eigenvalue weighted by atomic mass is 32.1. The lowest BCUT2D eigenvalue weighted by atomic mass is 10.1. The molecule has 0 saturated carbocycles. The summed E-state index contributed by atoms with van der Waals surface area (Å²) in [5, 5.41) is 6.07. The minimum atomic E-state index is -3.69. The van der Waals surface area contributed by atoms with E-state index in [2.05, 4.69) is 20.1 Å². The Labute approximate surface area is 168 Å². The Morgan fingerprint density at radius 3 is 2.83 bits per heavy atom. The standard InChI is InChI=1S/C19H18F2N2O5S/c1-2-26-18(25)16-11-4-3-5-14(11)29-17(16)23-15(24)9-22-10-6-7-12-13(8-10)28-19(20,21)27-12/h6-8,22H,2-5,9H2,1H3,(H,23,24). The second-order valence-electron chi connectivity index (χ2n) is 6.51. The number of carbonyl (C=O) groups excluding carboxylic acids is 2. The maximum atomic E-state index is 13.1. The Morgan fingerprint density at radius 2 is 2.03 bits per heavy atom. The van der Waals surface area contributed by atoms with Gasteiger partial charge in [0, 0.05) is 16.6 Å². The van der Waals surface area contributed by atoms with Crippen LogP contribution >= 0.6 is 11.3 Å². The first-order chi connectivity index (χ1) is 13.9. The van der Waals surface area contributed by atoms with E-state index in [9.17, 15) is 18.4 Å². The minimum absolute atomic E-state index is 0.0721. The van der Waals surface area contributed by atoms with Gasteiger partial charge in [-0.2, -0.15) is 0 Å². The summed E-state index contributed by atoms with van der Waals surface area (Å²) < 4.78 is 40.0. The molecule has 1 aromatic carbocycles. The third-order valence-electron chi connectivity index (χ3n) is 4.51. The SMILES string of the molecule is CCOC(=O)c1c(NC(=O)CNc2ccc3c(c2)OC(F)(F)O3)sc2c1CCC2. The van der Waals surface area contributed by atoms with Gasteiger partial charge in [0.15, 0.2) is 11.5 Å². The van der Waals surface area contributed by atoms with Crippen molar-refractivity contribution in [1.29, 1.82) is 0 Å². The second kappa shape index (κ2) is 7.51. The normalized spacial score (nSPS) is 15.7. The van der Waals surface area contributed by atoms with Gasteiger partial charge < -0.3 is 24.8 Å². The van der Waals surface area contributed by atoms with Crippen molar-refractivity contribution in [2.24, 2.45) is 0 Å². The third kappa shape index (κ3) is 3.98. The van der Waals surface area contributed by atoms with Crippen molar-refractivity contribution in [3.05, 3.63) is 34.2 Å². The molecular weight excluding hydrogens is 406 g/mol. The molecule has 10 heteroatoms. The van der Waals surface area contributed by atoms with E-state index in [0.717, 1.165) is 29.7 Å². The van der Waals surface area contributed by atoms with E-state index in [-0.39, 0.29) is 30.6 Å². The molecule has 0 spiro atoms. The van der Waals surface area contributed by atoms with Gasteiger partial charge in [-0.1, -0.05) is 0 Å². The number of amides is 1. The van der Waals surface area contributed by atoms with Crippen LogP contribution in [0.1, 0.15) is 34.1 Å². The number of alkyl halides is 2. The zero-order valence-electron chi connectivity index (χ0n) is 15.5. The van der Waals surface area contributed by atoms with Gasteiger partial charge in [-0.3, -0.25) is 4.79 Å². The van der Waals surface area contributed by atoms with Crippen LogP contribution in [0.5, 0.6) is 11.5 Å². The van der Waals surface area contributed by atoms with Gasteiger partial charge in [0.05, 0.1) is 18.7 Å². The van der Waals surface area contributed by atoms with Gasteiger partial charge in [-0.15, -0.1) is 20.1 Å². The lowest BCUT2D eigenvalue weighted by Gasteiger charge is -2.09. The van der Waals surface area contributed by atoms with Crippen LogP contribution in [-0.4, -0.2) is 31.3 Å². The number of ether oxygens (including phenoxy) is 3. The zero-order chi connectivity index (χ0) is 20.6. The highest BCUT2D eigenvalue weighted by molar-refractivity contribution is 7.17. The summed E-state index contributed by atoms with van der Waals surface area (Å²) in [7, 11) is 0. The summed E-state index contributed by atoms with van der Waals surface area (Å²) in [6.45, 7) is 1.86. The highest BCUT2D eigenvalue weighted by Crippen LogP contribution is 2.42. The fourth-order valence-electron chi connectivity index (χ4n) is 3.32. The van der Waals surface area contributed by atoms with Gasteiger partial charge in [-0.25, -0.2) is 4.79 Å². The molecule has 1 aliphatic heterocycles. The number of hydrogen-bond acceptors (Lipinski definition) is 7. The Morgan fingerprint density at radius 1 is 1.24 bits per heavy atom. The van der Waals surface area contributed by atoms with Crippen LogP contribution in [0.25, 0.3) is 0 Å². The molecule has 4 rings (SSSR count). The van der Waals surface area contributed by atoms with Crippen LogP contribution < -0.4 is 20.1 Å². The van der Waals surface area contributed by atoms with E-state index in [1.807, 2.05) is 0 Å². The molecule has 7 nitrogen and oxygen atoms in total. The van der Waals surface area contributed by atoms with Crippen molar-refractivity contribution in [3.63, 3.8) is 0 Å². The molecule has 0 saturated heterocycles. The molecule has 154 valence electrons. The summed E-state index contributed by atoms with van der Waals surface area (Å²) in [4.78, 5) is 25.8. The van der Waals surface area contributed by atoms with Gasteiger partial charge in [0.2, 0.25) is 5.91 Å². The lowest BCUT2D eigenvalue weighted by molar-refractivity contribution is -0.286. The molecule has 0 bridgehead atoms. The smallest absolute Gasteiger partial charge is 0.462 e. The zero-order valence-corrected chi connectivity index (χ0v) is 16.3. The maximum Gasteiger partial charge on any atom is 0.586 e. The Hall–Kier alpha value is -2.88. The number of nitrogens with one attached hydrogen (secondary N) is 2. The number of halogens is 2. The van der Waals surface area contributed by atoms with Crippen LogP contribution in [0.3, 0.4) is 0 Å². The van der Waals surface area contributed by atoms with Gasteiger partial charge >= 0.3 is 12.3 Å². The number of benzene rings is 1. The Kier molecular flexibility index (Phi) is 5.03. The predicted octanol–water partition coefficient (Wildman–Crippen LogP) is 3.79. The van der Waals surface area contributed by atoms with Gasteiger partial charge in [0.25, 0.3) is 0 Å². The maximum absolute atomic E-state index is 13.1. The average Bonchev–Trinajstić information content (AvgIpc) is 3.30. The topological polar surface area (TPSA) is 85.9 Å². The van der Waals surface area contributed by atoms with Crippen molar-refractivity contribution in [2.75, 3.05) is 23.8 Å². The van der Waals surface area contributed by atoms with Gasteiger partial charge in [0.1, 0.15) is 5.00 Å². The Bertz CT molecular complexity index is 976. The predicted molar refractivity (Wildman–Crippen MR) is 102 cm³/mol. The quantitative estimate of drug-likeness (QED) is 0.687. The lowest BCUT2D eigenvalue weighted by Crippen LogP contribution is -2.25. The van der Waals surface area contributed by atoms with E-state index in [1.54, 1.807) is 6.92 Å². The number of hydrogen-bond donors (Lipinski definition) is 2. The number of esters is 1. The number of carbonyl (C=O) groups is 2. The van der Waals surface area contributed by atoms with E-state index in [0.29, 0.717) is 16.3 Å². The molecule has 0 unspecified atom stereocenters. The minimum Gasteiger partial charge on any atom is -0.462 e. The van der Waals surface area contributed by atoms with Crippen LogP contribution in [0, 0.1) is 0 Å². The molecule has 2 aromatic rings. The van der Waals surface area contributed by atoms with Gasteiger partial charge in [-0.05, 0) is 43.9 Å². The van der Waals surface area contributed by atoms with Crippen molar-refractivity contribution < 1.29 is 32.6 Å². The number of fused-ring (bicyclic) bond motifs is 2. The third-order valence-corrected chi connectivity index (χ3v) is 5.72. The largest absolute Gasteiger partial charge is 0.586 e. The number of aryl methyl sites for hydroxylation is 1. The van der Waals surface area contributed by atoms with E-state index >= 15 is 0 Å². The molecule has 2 heterocycles. The molecule has 1 amide bonds. The molecule has 0 fully saturated rings. The summed E-state index contributed by atoms with van der Waals surface area (Å²) in [5.41, 5.74) is 1.80. The van der Waals surface area contributed by atoms with Crippen molar-refractivity contribution in [2.45, 2.75) is 32.5 Å². The molecule has 0 atom stereocenters. The summed E-state index contributed by atoms with van der Waals surface area (Å²) in [5.74, 6) is -0.998. The van der Waals surface area contributed by atoms with E-state index in [4.69, 9.17) is 4.74 Å².